The number of imide groups is 2. The van der Waals surface area contributed by atoms with E-state index in [0.29, 0.717) is 29.3 Å². The average Bonchev–Trinajstić information content (AvgIpc) is 3.20. The third kappa shape index (κ3) is 3.60. The summed E-state index contributed by atoms with van der Waals surface area (Å²) in [6.07, 6.45) is 2.59. The van der Waals surface area contributed by atoms with Crippen molar-refractivity contribution >= 4 is 40.6 Å². The first-order valence-electron chi connectivity index (χ1n) is 11.7. The number of benzene rings is 2. The Morgan fingerprint density at radius 1 is 0.971 bits per heavy atom. The van der Waals surface area contributed by atoms with E-state index in [9.17, 15) is 24.0 Å². The number of carbonyl (C=O) groups excluding carboxylic acids is 5. The van der Waals surface area contributed by atoms with E-state index in [0.717, 1.165) is 28.5 Å². The number of nitrogens with one attached hydrogen (secondary N) is 3. The van der Waals surface area contributed by atoms with E-state index in [1.54, 1.807) is 19.1 Å². The van der Waals surface area contributed by atoms with Gasteiger partial charge < -0.3 is 10.6 Å². The van der Waals surface area contributed by atoms with Crippen molar-refractivity contribution in [3.05, 3.63) is 48.0 Å². The molecular weight excluding hydrogens is 450 g/mol. The summed E-state index contributed by atoms with van der Waals surface area (Å²) in [5, 5.41) is 7.81. The lowest BCUT2D eigenvalue weighted by Gasteiger charge is -2.33. The average molecular weight is 478 g/mol. The lowest BCUT2D eigenvalue weighted by molar-refractivity contribution is -0.141. The number of fused-ring (bicyclic) bond motifs is 1. The summed E-state index contributed by atoms with van der Waals surface area (Å²) < 4.78 is 0. The third-order valence-electron chi connectivity index (χ3n) is 7.43. The first kappa shape index (κ1) is 22.8. The number of hydrogen-bond acceptors (Lipinski definition) is 5. The van der Waals surface area contributed by atoms with Gasteiger partial charge in [0, 0.05) is 0 Å². The van der Waals surface area contributed by atoms with Gasteiger partial charge in [0.05, 0.1) is 0 Å². The number of amides is 7. The van der Waals surface area contributed by atoms with Crippen LogP contribution >= 0.6 is 0 Å². The lowest BCUT2D eigenvalue weighted by Crippen LogP contribution is -2.53. The smallest absolute Gasteiger partial charge is 0.322 e. The van der Waals surface area contributed by atoms with Crippen molar-refractivity contribution in [1.82, 2.24) is 26.0 Å². The van der Waals surface area contributed by atoms with Crippen LogP contribution < -0.4 is 16.1 Å². The third-order valence-corrected chi connectivity index (χ3v) is 7.43. The van der Waals surface area contributed by atoms with Gasteiger partial charge in [0.15, 0.2) is 0 Å². The van der Waals surface area contributed by atoms with Gasteiger partial charge in [-0.15, -0.1) is 0 Å². The van der Waals surface area contributed by atoms with Crippen LogP contribution in [0.15, 0.2) is 42.5 Å². The highest BCUT2D eigenvalue weighted by atomic mass is 16.2. The maximum Gasteiger partial charge on any atom is 0.344 e. The highest BCUT2D eigenvalue weighted by Gasteiger charge is 2.54. The standard InChI is InChI=1S/C25H27N5O5/c1-15-10-12-25(13-11-15)21(33)30(23(35)27-25)28-19(31)14-29-20(32)24(2,26-22(29)34)18-9-5-7-16-6-3-4-8-17(16)18/h3-9,15H,10-14H2,1-2H3,(H,26,34)(H,27,35)(H,28,31). The molecule has 3 aliphatic rings. The molecule has 35 heavy (non-hydrogen) atoms. The van der Waals surface area contributed by atoms with Crippen LogP contribution in [-0.2, 0) is 19.9 Å². The van der Waals surface area contributed by atoms with Crippen molar-refractivity contribution in [3.63, 3.8) is 0 Å². The van der Waals surface area contributed by atoms with Gasteiger partial charge in [0.2, 0.25) is 0 Å². The Morgan fingerprint density at radius 2 is 1.66 bits per heavy atom. The minimum absolute atomic E-state index is 0.463. The first-order chi connectivity index (χ1) is 16.6. The van der Waals surface area contributed by atoms with Crippen LogP contribution in [0.1, 0.15) is 45.1 Å². The van der Waals surface area contributed by atoms with E-state index in [4.69, 9.17) is 0 Å². The van der Waals surface area contributed by atoms with Gasteiger partial charge >= 0.3 is 12.1 Å². The van der Waals surface area contributed by atoms with Crippen LogP contribution in [0.2, 0.25) is 0 Å². The summed E-state index contributed by atoms with van der Waals surface area (Å²) in [5.74, 6) is -1.46. The van der Waals surface area contributed by atoms with Crippen LogP contribution in [0.4, 0.5) is 9.59 Å². The summed E-state index contributed by atoms with van der Waals surface area (Å²) in [6.45, 7) is 3.06. The molecule has 10 heteroatoms. The van der Waals surface area contributed by atoms with Gasteiger partial charge in [-0.25, -0.2) is 9.59 Å². The number of rotatable bonds is 4. The molecule has 7 amide bonds. The molecule has 2 aliphatic heterocycles. The van der Waals surface area contributed by atoms with E-state index in [-0.39, 0.29) is 0 Å². The molecule has 2 aromatic carbocycles. The molecule has 3 fully saturated rings. The van der Waals surface area contributed by atoms with Gasteiger partial charge in [-0.1, -0.05) is 49.4 Å². The number of urea groups is 2. The lowest BCUT2D eigenvalue weighted by atomic mass is 9.77. The Labute approximate surface area is 202 Å². The molecule has 2 saturated heterocycles. The van der Waals surface area contributed by atoms with E-state index < -0.39 is 47.4 Å². The summed E-state index contributed by atoms with van der Waals surface area (Å²) in [7, 11) is 0. The molecule has 1 saturated carbocycles. The maximum absolute atomic E-state index is 13.4. The molecule has 0 aromatic heterocycles. The topological polar surface area (TPSA) is 128 Å². The molecule has 1 atom stereocenters. The van der Waals surface area contributed by atoms with Crippen molar-refractivity contribution in [3.8, 4) is 0 Å². The largest absolute Gasteiger partial charge is 0.344 e. The molecule has 0 bridgehead atoms. The molecule has 1 spiro atoms. The van der Waals surface area contributed by atoms with Gasteiger partial charge in [-0.2, -0.15) is 5.01 Å². The molecule has 2 aromatic rings. The number of nitrogens with zero attached hydrogens (tertiary/aromatic N) is 2. The Bertz CT molecular complexity index is 1260. The minimum atomic E-state index is -1.37. The fourth-order valence-corrected chi connectivity index (χ4v) is 5.30. The Morgan fingerprint density at radius 3 is 2.40 bits per heavy atom. The van der Waals surface area contributed by atoms with Crippen molar-refractivity contribution in [2.45, 2.75) is 50.6 Å². The van der Waals surface area contributed by atoms with Crippen molar-refractivity contribution in [2.75, 3.05) is 6.54 Å². The van der Waals surface area contributed by atoms with Crippen molar-refractivity contribution in [1.29, 1.82) is 0 Å². The molecular formula is C25H27N5O5. The molecule has 182 valence electrons. The van der Waals surface area contributed by atoms with Crippen molar-refractivity contribution in [2.24, 2.45) is 5.92 Å². The zero-order valence-corrected chi connectivity index (χ0v) is 19.6. The summed E-state index contributed by atoms with van der Waals surface area (Å²) in [5.41, 5.74) is 0.513. The Balaban J connectivity index is 1.31. The molecule has 1 unspecified atom stereocenters. The van der Waals surface area contributed by atoms with Gasteiger partial charge in [0.25, 0.3) is 17.7 Å². The summed E-state index contributed by atoms with van der Waals surface area (Å²) >= 11 is 0. The van der Waals surface area contributed by atoms with Crippen LogP contribution in [0.3, 0.4) is 0 Å². The first-order valence-corrected chi connectivity index (χ1v) is 11.7. The summed E-state index contributed by atoms with van der Waals surface area (Å²) in [4.78, 5) is 65.1. The highest BCUT2D eigenvalue weighted by Crippen LogP contribution is 2.36. The SMILES string of the molecule is CC1CCC2(CC1)NC(=O)N(NC(=O)CN1C(=O)NC(C)(c3cccc4ccccc34)C1=O)C2=O. The zero-order valence-electron chi connectivity index (χ0n) is 19.6. The summed E-state index contributed by atoms with van der Waals surface area (Å²) in [6, 6.07) is 11.5. The van der Waals surface area contributed by atoms with E-state index >= 15 is 0 Å². The number of carbonyl (C=O) groups is 5. The number of hydrogen-bond donors (Lipinski definition) is 3. The van der Waals surface area contributed by atoms with E-state index in [1.807, 2.05) is 30.3 Å². The Hall–Kier alpha value is -3.95. The molecule has 0 radical (unpaired) electrons. The number of hydrazine groups is 1. The second-order valence-corrected chi connectivity index (χ2v) is 9.84. The van der Waals surface area contributed by atoms with Gasteiger partial charge in [0.1, 0.15) is 17.6 Å². The maximum atomic E-state index is 13.4. The second kappa shape index (κ2) is 8.07. The molecule has 5 rings (SSSR count). The van der Waals surface area contributed by atoms with Crippen LogP contribution in [0.25, 0.3) is 10.8 Å². The quantitative estimate of drug-likeness (QED) is 0.582. The molecule has 10 nitrogen and oxygen atoms in total. The predicted octanol–water partition coefficient (Wildman–Crippen LogP) is 2.14. The van der Waals surface area contributed by atoms with Crippen LogP contribution in [0.5, 0.6) is 0 Å². The Kier molecular flexibility index (Phi) is 5.26. The normalized spacial score (nSPS) is 28.6. The van der Waals surface area contributed by atoms with Crippen LogP contribution in [0, 0.1) is 5.92 Å². The fourth-order valence-electron chi connectivity index (χ4n) is 5.30. The minimum Gasteiger partial charge on any atom is -0.322 e. The van der Waals surface area contributed by atoms with Gasteiger partial charge in [-0.05, 0) is 54.9 Å². The van der Waals surface area contributed by atoms with Gasteiger partial charge in [-0.3, -0.25) is 24.7 Å². The predicted molar refractivity (Wildman–Crippen MR) is 125 cm³/mol. The molecule has 1 aliphatic carbocycles. The second-order valence-electron chi connectivity index (χ2n) is 9.84. The fraction of sp³-hybridized carbons (Fsp3) is 0.400. The monoisotopic (exact) mass is 477 g/mol. The van der Waals surface area contributed by atoms with Crippen LogP contribution in [-0.4, -0.2) is 51.8 Å². The molecule has 2 heterocycles. The molecule has 3 N–H and O–H groups in total. The van der Waals surface area contributed by atoms with Crippen molar-refractivity contribution < 1.29 is 24.0 Å². The van der Waals surface area contributed by atoms with E-state index in [2.05, 4.69) is 23.0 Å². The van der Waals surface area contributed by atoms with E-state index in [1.165, 1.54) is 0 Å². The zero-order chi connectivity index (χ0) is 25.0. The highest BCUT2D eigenvalue weighted by molar-refractivity contribution is 6.12.